The van der Waals surface area contributed by atoms with Crippen LogP contribution in [0, 0.1) is 0 Å². The predicted octanol–water partition coefficient (Wildman–Crippen LogP) is -0.561. The van der Waals surface area contributed by atoms with Crippen LogP contribution in [0.3, 0.4) is 0 Å². The van der Waals surface area contributed by atoms with Crippen LogP contribution in [0.5, 0.6) is 0 Å². The maximum atomic E-state index is 5.17. The highest BCUT2D eigenvalue weighted by Crippen LogP contribution is 1.84. The molecule has 0 bridgehead atoms. The number of thiocarbonyl (C=S) groups is 1. The van der Waals surface area contributed by atoms with Gasteiger partial charge in [0, 0.05) is 0 Å². The highest BCUT2D eigenvalue weighted by Gasteiger charge is 1.94. The van der Waals surface area contributed by atoms with E-state index < -0.39 is 0 Å². The van der Waals surface area contributed by atoms with Crippen molar-refractivity contribution in [3.05, 3.63) is 11.9 Å². The first-order chi connectivity index (χ1) is 3.80. The molecule has 42 valence electrons. The average molecular weight is 128 g/mol. The zero-order valence-electron chi connectivity index (χ0n) is 3.96. The largest absolute Gasteiger partial charge is 0.388 e. The lowest BCUT2D eigenvalue weighted by molar-refractivity contribution is 0.937. The molecule has 0 aliphatic carbocycles. The van der Waals surface area contributed by atoms with E-state index in [4.69, 9.17) is 5.73 Å². The number of H-pyrrole nitrogens is 1. The third kappa shape index (κ3) is 0.812. The smallest absolute Gasteiger partial charge is 0.139 e. The van der Waals surface area contributed by atoms with Gasteiger partial charge in [0.25, 0.3) is 0 Å². The van der Waals surface area contributed by atoms with E-state index >= 15 is 0 Å². The van der Waals surface area contributed by atoms with Crippen molar-refractivity contribution in [2.45, 2.75) is 0 Å². The van der Waals surface area contributed by atoms with Crippen molar-refractivity contribution in [2.24, 2.45) is 5.73 Å². The van der Waals surface area contributed by atoms with E-state index in [1.54, 1.807) is 0 Å². The van der Waals surface area contributed by atoms with Gasteiger partial charge in [0.2, 0.25) is 0 Å². The van der Waals surface area contributed by atoms with E-state index in [9.17, 15) is 0 Å². The highest BCUT2D eigenvalue weighted by molar-refractivity contribution is 7.80. The number of nitrogens with one attached hydrogen (secondary N) is 1. The number of rotatable bonds is 1. The Morgan fingerprint density at radius 3 is 2.88 bits per heavy atom. The van der Waals surface area contributed by atoms with Crippen LogP contribution in [-0.2, 0) is 0 Å². The van der Waals surface area contributed by atoms with Crippen LogP contribution in [0.4, 0.5) is 0 Å². The molecule has 0 aromatic carbocycles. The van der Waals surface area contributed by atoms with E-state index in [0.717, 1.165) is 0 Å². The van der Waals surface area contributed by atoms with Crippen LogP contribution >= 0.6 is 12.2 Å². The van der Waals surface area contributed by atoms with E-state index in [0.29, 0.717) is 5.69 Å². The monoisotopic (exact) mass is 128 g/mol. The lowest BCUT2D eigenvalue weighted by atomic mass is 10.5. The van der Waals surface area contributed by atoms with Gasteiger partial charge in [-0.3, -0.25) is 0 Å². The topological polar surface area (TPSA) is 67.6 Å². The molecule has 0 unspecified atom stereocenters. The second kappa shape index (κ2) is 1.87. The quantitative estimate of drug-likeness (QED) is 0.497. The molecule has 8 heavy (non-hydrogen) atoms. The molecule has 0 aliphatic heterocycles. The summed E-state index contributed by atoms with van der Waals surface area (Å²) in [6, 6.07) is 0. The molecule has 0 spiro atoms. The van der Waals surface area contributed by atoms with E-state index in [1.165, 1.54) is 6.20 Å². The van der Waals surface area contributed by atoms with Crippen molar-refractivity contribution >= 4 is 17.2 Å². The van der Waals surface area contributed by atoms with Crippen LogP contribution in [0.15, 0.2) is 6.20 Å². The van der Waals surface area contributed by atoms with Gasteiger partial charge in [-0.15, -0.1) is 0 Å². The van der Waals surface area contributed by atoms with Crippen LogP contribution in [0.2, 0.25) is 0 Å². The average Bonchev–Trinajstić information content (AvgIpc) is 2.12. The van der Waals surface area contributed by atoms with Gasteiger partial charge < -0.3 is 5.73 Å². The summed E-state index contributed by atoms with van der Waals surface area (Å²) in [7, 11) is 0. The Morgan fingerprint density at radius 1 is 1.88 bits per heavy atom. The summed E-state index contributed by atoms with van der Waals surface area (Å²) in [4.78, 5) is 0.263. The van der Waals surface area contributed by atoms with Gasteiger partial charge in [-0.2, -0.15) is 15.4 Å². The first-order valence-electron chi connectivity index (χ1n) is 1.96. The van der Waals surface area contributed by atoms with Crippen LogP contribution in [0.25, 0.3) is 0 Å². The van der Waals surface area contributed by atoms with Gasteiger partial charge in [-0.05, 0) is 0 Å². The zero-order chi connectivity index (χ0) is 5.98. The van der Waals surface area contributed by atoms with Crippen LogP contribution in [0.1, 0.15) is 5.69 Å². The zero-order valence-corrected chi connectivity index (χ0v) is 4.77. The third-order valence-electron chi connectivity index (χ3n) is 0.667. The maximum absolute atomic E-state index is 5.17. The molecule has 0 aliphatic rings. The van der Waals surface area contributed by atoms with Gasteiger partial charge in [0.1, 0.15) is 10.7 Å². The van der Waals surface area contributed by atoms with Gasteiger partial charge >= 0.3 is 0 Å². The SMILES string of the molecule is NC(=S)c1cn[nH]n1. The summed E-state index contributed by atoms with van der Waals surface area (Å²) in [5.74, 6) is 0. The minimum Gasteiger partial charge on any atom is -0.388 e. The molecule has 5 heteroatoms. The number of nitrogens with zero attached hydrogens (tertiary/aromatic N) is 2. The molecule has 0 amide bonds. The van der Waals surface area contributed by atoms with Crippen molar-refractivity contribution in [2.75, 3.05) is 0 Å². The normalized spacial score (nSPS) is 9.00. The molecule has 0 fully saturated rings. The molecule has 0 radical (unpaired) electrons. The molecule has 1 aromatic rings. The molecule has 1 aromatic heterocycles. The third-order valence-corrected chi connectivity index (χ3v) is 0.877. The van der Waals surface area contributed by atoms with Crippen LogP contribution < -0.4 is 5.73 Å². The molecule has 0 saturated heterocycles. The Labute approximate surface area is 51.1 Å². The van der Waals surface area contributed by atoms with E-state index in [1.807, 2.05) is 0 Å². The fraction of sp³-hybridized carbons (Fsp3) is 0. The van der Waals surface area contributed by atoms with Crippen molar-refractivity contribution in [1.82, 2.24) is 15.4 Å². The molecule has 1 rings (SSSR count). The van der Waals surface area contributed by atoms with Gasteiger partial charge in [0.15, 0.2) is 0 Å². The summed E-state index contributed by atoms with van der Waals surface area (Å²) in [6.07, 6.45) is 1.47. The summed E-state index contributed by atoms with van der Waals surface area (Å²) in [6.45, 7) is 0. The number of hydrogen-bond acceptors (Lipinski definition) is 3. The second-order valence-corrected chi connectivity index (χ2v) is 1.66. The summed E-state index contributed by atoms with van der Waals surface area (Å²) >= 11 is 4.57. The maximum Gasteiger partial charge on any atom is 0.139 e. The van der Waals surface area contributed by atoms with Gasteiger partial charge in [-0.1, -0.05) is 12.2 Å². The Kier molecular flexibility index (Phi) is 1.21. The van der Waals surface area contributed by atoms with Gasteiger partial charge in [0.05, 0.1) is 6.20 Å². The van der Waals surface area contributed by atoms with Crippen molar-refractivity contribution in [3.8, 4) is 0 Å². The lowest BCUT2D eigenvalue weighted by Crippen LogP contribution is -2.09. The summed E-state index contributed by atoms with van der Waals surface area (Å²) < 4.78 is 0. The summed E-state index contributed by atoms with van der Waals surface area (Å²) in [5.41, 5.74) is 5.69. The standard InChI is InChI=1S/C3H4N4S/c4-3(8)2-1-5-7-6-2/h1H,(H2,4,8)(H,5,6,7). The van der Waals surface area contributed by atoms with E-state index in [2.05, 4.69) is 27.6 Å². The molecule has 3 N–H and O–H groups in total. The minimum absolute atomic E-state index is 0.263. The number of nitrogens with two attached hydrogens (primary N) is 1. The Morgan fingerprint density at radius 2 is 2.62 bits per heavy atom. The van der Waals surface area contributed by atoms with Crippen LogP contribution in [-0.4, -0.2) is 20.4 Å². The number of hydrogen-bond donors (Lipinski definition) is 2. The Balaban J connectivity index is 2.93. The molecule has 4 nitrogen and oxygen atoms in total. The minimum atomic E-state index is 0.263. The predicted molar refractivity (Wildman–Crippen MR) is 32.3 cm³/mol. The Bertz CT molecular complexity index is 179. The van der Waals surface area contributed by atoms with Crippen molar-refractivity contribution < 1.29 is 0 Å². The second-order valence-electron chi connectivity index (χ2n) is 1.22. The number of aromatic amines is 1. The molecule has 0 atom stereocenters. The fourth-order valence-corrected chi connectivity index (χ4v) is 0.419. The molecular weight excluding hydrogens is 124 g/mol. The lowest BCUT2D eigenvalue weighted by Gasteiger charge is -1.81. The first-order valence-corrected chi connectivity index (χ1v) is 2.37. The van der Waals surface area contributed by atoms with Crippen molar-refractivity contribution in [3.63, 3.8) is 0 Å². The van der Waals surface area contributed by atoms with E-state index in [-0.39, 0.29) is 4.99 Å². The molecule has 0 saturated carbocycles. The van der Waals surface area contributed by atoms with Crippen molar-refractivity contribution in [1.29, 1.82) is 0 Å². The number of aromatic nitrogens is 3. The fourth-order valence-electron chi connectivity index (χ4n) is 0.320. The highest BCUT2D eigenvalue weighted by atomic mass is 32.1. The van der Waals surface area contributed by atoms with Gasteiger partial charge in [-0.25, -0.2) is 0 Å². The molecular formula is C3H4N4S. The summed E-state index contributed by atoms with van der Waals surface area (Å²) in [5, 5.41) is 9.50. The first kappa shape index (κ1) is 5.17. The molecule has 1 heterocycles. The Hall–Kier alpha value is -0.970.